The van der Waals surface area contributed by atoms with Crippen molar-refractivity contribution in [2.45, 2.75) is 51.3 Å². The van der Waals surface area contributed by atoms with E-state index in [1.54, 1.807) is 0 Å². The minimum atomic E-state index is 0.493. The average molecular weight is 285 g/mol. The second kappa shape index (κ2) is 6.76. The first-order chi connectivity index (χ1) is 10.4. The molecule has 2 N–H and O–H groups in total. The highest BCUT2D eigenvalue weighted by molar-refractivity contribution is 5.33. The number of benzene rings is 1. The highest BCUT2D eigenvalue weighted by Gasteiger charge is 2.16. The standard InChI is InChI=1S/C17H23N3O/c18-12-14-6-4-5-9-17(14)21-13-15-10-11-20(19-15)16-7-2-1-3-8-16/h4-6,9-11,16H,1-3,7-8,12-13,18H2. The fraction of sp³-hybridized carbons (Fsp3) is 0.471. The van der Waals surface area contributed by atoms with E-state index >= 15 is 0 Å². The van der Waals surface area contributed by atoms with Gasteiger partial charge < -0.3 is 10.5 Å². The van der Waals surface area contributed by atoms with Crippen LogP contribution >= 0.6 is 0 Å². The number of rotatable bonds is 5. The van der Waals surface area contributed by atoms with Crippen molar-refractivity contribution in [1.29, 1.82) is 0 Å². The van der Waals surface area contributed by atoms with Crippen LogP contribution in [0.3, 0.4) is 0 Å². The Bertz CT molecular complexity index is 573. The van der Waals surface area contributed by atoms with Crippen LogP contribution in [0.5, 0.6) is 5.75 Å². The Balaban J connectivity index is 1.62. The molecule has 0 bridgehead atoms. The van der Waals surface area contributed by atoms with Crippen LogP contribution in [0.1, 0.15) is 49.4 Å². The third-order valence-electron chi connectivity index (χ3n) is 4.18. The molecule has 21 heavy (non-hydrogen) atoms. The highest BCUT2D eigenvalue weighted by atomic mass is 16.5. The van der Waals surface area contributed by atoms with Crippen molar-refractivity contribution in [2.24, 2.45) is 5.73 Å². The second-order valence-corrected chi connectivity index (χ2v) is 5.68. The van der Waals surface area contributed by atoms with E-state index < -0.39 is 0 Å². The molecule has 1 saturated carbocycles. The van der Waals surface area contributed by atoms with Gasteiger partial charge >= 0.3 is 0 Å². The van der Waals surface area contributed by atoms with Crippen molar-refractivity contribution in [3.8, 4) is 5.75 Å². The van der Waals surface area contributed by atoms with Crippen LogP contribution in [-0.4, -0.2) is 9.78 Å². The third kappa shape index (κ3) is 3.45. The summed E-state index contributed by atoms with van der Waals surface area (Å²) in [7, 11) is 0. The molecule has 0 aliphatic heterocycles. The Morgan fingerprint density at radius 3 is 2.76 bits per heavy atom. The number of hydrogen-bond acceptors (Lipinski definition) is 3. The summed E-state index contributed by atoms with van der Waals surface area (Å²) in [4.78, 5) is 0. The molecule has 112 valence electrons. The van der Waals surface area contributed by atoms with Gasteiger partial charge in [-0.3, -0.25) is 4.68 Å². The summed E-state index contributed by atoms with van der Waals surface area (Å²) in [6.07, 6.45) is 8.59. The van der Waals surface area contributed by atoms with Crippen LogP contribution in [0.4, 0.5) is 0 Å². The number of nitrogens with zero attached hydrogens (tertiary/aromatic N) is 2. The quantitative estimate of drug-likeness (QED) is 0.915. The Morgan fingerprint density at radius 2 is 1.95 bits per heavy atom. The predicted octanol–water partition coefficient (Wildman–Crippen LogP) is 3.43. The molecule has 3 rings (SSSR count). The van der Waals surface area contributed by atoms with Gasteiger partial charge in [-0.1, -0.05) is 37.5 Å². The molecule has 0 atom stereocenters. The minimum Gasteiger partial charge on any atom is -0.487 e. The summed E-state index contributed by atoms with van der Waals surface area (Å²) < 4.78 is 7.98. The van der Waals surface area contributed by atoms with Gasteiger partial charge in [0.25, 0.3) is 0 Å². The first kappa shape index (κ1) is 14.1. The zero-order valence-electron chi connectivity index (χ0n) is 12.4. The Hall–Kier alpha value is -1.81. The topological polar surface area (TPSA) is 53.1 Å². The molecule has 0 radical (unpaired) electrons. The second-order valence-electron chi connectivity index (χ2n) is 5.68. The molecule has 0 spiro atoms. The summed E-state index contributed by atoms with van der Waals surface area (Å²) >= 11 is 0. The van der Waals surface area contributed by atoms with Crippen LogP contribution < -0.4 is 10.5 Å². The lowest BCUT2D eigenvalue weighted by Gasteiger charge is -2.21. The molecule has 1 aromatic heterocycles. The molecule has 4 heteroatoms. The Morgan fingerprint density at radius 1 is 1.14 bits per heavy atom. The molecule has 1 fully saturated rings. The van der Waals surface area contributed by atoms with Crippen LogP contribution in [0.2, 0.25) is 0 Å². The molecule has 0 amide bonds. The minimum absolute atomic E-state index is 0.493. The molecule has 1 aromatic carbocycles. The Labute approximate surface area is 125 Å². The molecule has 0 saturated heterocycles. The number of aromatic nitrogens is 2. The largest absolute Gasteiger partial charge is 0.487 e. The fourth-order valence-corrected chi connectivity index (χ4v) is 2.97. The summed E-state index contributed by atoms with van der Waals surface area (Å²) in [6.45, 7) is 0.990. The number of hydrogen-bond donors (Lipinski definition) is 1. The van der Waals surface area contributed by atoms with Crippen LogP contribution in [0, 0.1) is 0 Å². The van der Waals surface area contributed by atoms with E-state index in [4.69, 9.17) is 10.5 Å². The van der Waals surface area contributed by atoms with Gasteiger partial charge in [0.15, 0.2) is 0 Å². The molecule has 0 unspecified atom stereocenters. The van der Waals surface area contributed by atoms with E-state index in [1.807, 2.05) is 24.3 Å². The first-order valence-corrected chi connectivity index (χ1v) is 7.81. The van der Waals surface area contributed by atoms with Gasteiger partial charge in [0, 0.05) is 18.3 Å². The number of para-hydroxylation sites is 1. The van der Waals surface area contributed by atoms with E-state index in [0.29, 0.717) is 19.2 Å². The van der Waals surface area contributed by atoms with Gasteiger partial charge in [0.1, 0.15) is 12.4 Å². The molecule has 4 nitrogen and oxygen atoms in total. The van der Waals surface area contributed by atoms with Gasteiger partial charge in [-0.2, -0.15) is 5.10 Å². The summed E-state index contributed by atoms with van der Waals surface area (Å²) in [6, 6.07) is 10.5. The zero-order chi connectivity index (χ0) is 14.5. The SMILES string of the molecule is NCc1ccccc1OCc1ccn(C2CCCCC2)n1. The normalized spacial score (nSPS) is 16.0. The van der Waals surface area contributed by atoms with Gasteiger partial charge in [0.05, 0.1) is 11.7 Å². The van der Waals surface area contributed by atoms with Crippen LogP contribution in [0.15, 0.2) is 36.5 Å². The van der Waals surface area contributed by atoms with Gasteiger partial charge in [-0.05, 0) is 25.0 Å². The summed E-state index contributed by atoms with van der Waals surface area (Å²) in [5.41, 5.74) is 7.73. The van der Waals surface area contributed by atoms with Gasteiger partial charge in [-0.25, -0.2) is 0 Å². The highest BCUT2D eigenvalue weighted by Crippen LogP contribution is 2.27. The lowest BCUT2D eigenvalue weighted by atomic mass is 9.96. The van der Waals surface area contributed by atoms with Crippen molar-refractivity contribution >= 4 is 0 Å². The predicted molar refractivity (Wildman–Crippen MR) is 83.0 cm³/mol. The maximum atomic E-state index is 5.86. The zero-order valence-corrected chi connectivity index (χ0v) is 12.4. The van der Waals surface area contributed by atoms with Crippen molar-refractivity contribution in [2.75, 3.05) is 0 Å². The third-order valence-corrected chi connectivity index (χ3v) is 4.18. The van der Waals surface area contributed by atoms with Crippen molar-refractivity contribution < 1.29 is 4.74 Å². The first-order valence-electron chi connectivity index (χ1n) is 7.81. The number of nitrogens with two attached hydrogens (primary N) is 1. The van der Waals surface area contributed by atoms with E-state index in [-0.39, 0.29) is 0 Å². The lowest BCUT2D eigenvalue weighted by Crippen LogP contribution is -2.13. The monoisotopic (exact) mass is 285 g/mol. The number of ether oxygens (including phenoxy) is 1. The van der Waals surface area contributed by atoms with E-state index in [9.17, 15) is 0 Å². The molecule has 1 aliphatic rings. The van der Waals surface area contributed by atoms with Crippen LogP contribution in [-0.2, 0) is 13.2 Å². The van der Waals surface area contributed by atoms with E-state index in [1.165, 1.54) is 32.1 Å². The fourth-order valence-electron chi connectivity index (χ4n) is 2.97. The Kier molecular flexibility index (Phi) is 4.55. The van der Waals surface area contributed by atoms with Gasteiger partial charge in [-0.15, -0.1) is 0 Å². The molecule has 1 aliphatic carbocycles. The maximum absolute atomic E-state index is 5.86. The average Bonchev–Trinajstić information content (AvgIpc) is 3.03. The molecule has 2 aromatic rings. The van der Waals surface area contributed by atoms with Crippen molar-refractivity contribution in [1.82, 2.24) is 9.78 Å². The molecular formula is C17H23N3O. The molecular weight excluding hydrogens is 262 g/mol. The van der Waals surface area contributed by atoms with Crippen LogP contribution in [0.25, 0.3) is 0 Å². The van der Waals surface area contributed by atoms with Gasteiger partial charge in [0.2, 0.25) is 0 Å². The lowest BCUT2D eigenvalue weighted by molar-refractivity contribution is 0.288. The maximum Gasteiger partial charge on any atom is 0.132 e. The molecule has 1 heterocycles. The summed E-state index contributed by atoms with van der Waals surface area (Å²) in [5, 5.41) is 4.66. The summed E-state index contributed by atoms with van der Waals surface area (Å²) in [5.74, 6) is 0.854. The van der Waals surface area contributed by atoms with E-state index in [2.05, 4.69) is 22.0 Å². The van der Waals surface area contributed by atoms with Crippen molar-refractivity contribution in [3.63, 3.8) is 0 Å². The smallest absolute Gasteiger partial charge is 0.132 e. The van der Waals surface area contributed by atoms with E-state index in [0.717, 1.165) is 17.0 Å². The van der Waals surface area contributed by atoms with Crippen molar-refractivity contribution in [3.05, 3.63) is 47.8 Å².